The molecule has 0 unspecified atom stereocenters. The number of para-hydroxylation sites is 1. The highest BCUT2D eigenvalue weighted by Crippen LogP contribution is 2.31. The molecule has 0 saturated carbocycles. The second-order valence-corrected chi connectivity index (χ2v) is 8.55. The summed E-state index contributed by atoms with van der Waals surface area (Å²) >= 11 is 0. The summed E-state index contributed by atoms with van der Waals surface area (Å²) < 4.78 is 0. The van der Waals surface area contributed by atoms with Gasteiger partial charge in [0.25, 0.3) is 0 Å². The number of benzene rings is 2. The summed E-state index contributed by atoms with van der Waals surface area (Å²) in [4.78, 5) is 11.8. The number of aryl methyl sites for hydroxylation is 1. The van der Waals surface area contributed by atoms with E-state index in [1.165, 1.54) is 16.7 Å². The molecular formula is C24H28N4. The molecule has 4 rings (SSSR count). The van der Waals surface area contributed by atoms with Crippen LogP contribution in [0.1, 0.15) is 43.2 Å². The number of nitrogens with zero attached hydrogens (tertiary/aromatic N) is 3. The summed E-state index contributed by atoms with van der Waals surface area (Å²) in [6.07, 6.45) is 1.05. The molecule has 4 nitrogen and oxygen atoms in total. The van der Waals surface area contributed by atoms with Crippen LogP contribution in [0.2, 0.25) is 0 Å². The van der Waals surface area contributed by atoms with E-state index < -0.39 is 0 Å². The molecule has 144 valence electrons. The van der Waals surface area contributed by atoms with Gasteiger partial charge in [0.15, 0.2) is 0 Å². The Labute approximate surface area is 167 Å². The van der Waals surface area contributed by atoms with Crippen LogP contribution in [0.15, 0.2) is 54.6 Å². The summed E-state index contributed by atoms with van der Waals surface area (Å²) in [6.45, 7) is 10.6. The van der Waals surface area contributed by atoms with Crippen LogP contribution in [0.5, 0.6) is 0 Å². The lowest BCUT2D eigenvalue weighted by Crippen LogP contribution is -2.31. The maximum absolute atomic E-state index is 4.85. The molecule has 2 heterocycles. The van der Waals surface area contributed by atoms with Crippen molar-refractivity contribution in [1.29, 1.82) is 0 Å². The Morgan fingerprint density at radius 3 is 2.43 bits per heavy atom. The first kappa shape index (κ1) is 18.5. The average molecular weight is 373 g/mol. The van der Waals surface area contributed by atoms with Gasteiger partial charge < -0.3 is 10.2 Å². The second-order valence-electron chi connectivity index (χ2n) is 8.55. The van der Waals surface area contributed by atoms with Gasteiger partial charge in [-0.15, -0.1) is 0 Å². The highest BCUT2D eigenvalue weighted by molar-refractivity contribution is 5.62. The van der Waals surface area contributed by atoms with E-state index in [1.807, 2.05) is 6.92 Å². The Morgan fingerprint density at radius 1 is 0.929 bits per heavy atom. The molecule has 2 aromatic carbocycles. The number of hydrogen-bond donors (Lipinski definition) is 1. The van der Waals surface area contributed by atoms with Crippen molar-refractivity contribution in [2.45, 2.75) is 46.1 Å². The lowest BCUT2D eigenvalue weighted by atomic mass is 9.86. The van der Waals surface area contributed by atoms with E-state index in [4.69, 9.17) is 4.98 Å². The SMILES string of the molecule is Cc1cc(N2CCc3ccccc3C2)nc(Nc2ccccc2C(C)(C)C)n1. The molecule has 0 fully saturated rings. The number of aromatic nitrogens is 2. The van der Waals surface area contributed by atoms with Gasteiger partial charge in [-0.3, -0.25) is 0 Å². The van der Waals surface area contributed by atoms with Gasteiger partial charge in [-0.2, -0.15) is 4.98 Å². The van der Waals surface area contributed by atoms with Gasteiger partial charge in [0.2, 0.25) is 5.95 Å². The van der Waals surface area contributed by atoms with Gasteiger partial charge in [0.1, 0.15) is 5.82 Å². The fourth-order valence-corrected chi connectivity index (χ4v) is 3.83. The van der Waals surface area contributed by atoms with Crippen LogP contribution in [0, 0.1) is 6.92 Å². The van der Waals surface area contributed by atoms with Crippen LogP contribution in [0.4, 0.5) is 17.5 Å². The lowest BCUT2D eigenvalue weighted by molar-refractivity contribution is 0.592. The number of rotatable bonds is 3. The molecule has 1 aliphatic heterocycles. The number of anilines is 3. The standard InChI is InChI=1S/C24H28N4/c1-17-15-22(28-14-13-18-9-5-6-10-19(18)16-28)27-23(25-17)26-21-12-8-7-11-20(21)24(2,3)4/h5-12,15H,13-14,16H2,1-4H3,(H,25,26,27). The molecule has 28 heavy (non-hydrogen) atoms. The number of hydrogen-bond acceptors (Lipinski definition) is 4. The van der Waals surface area contributed by atoms with Crippen molar-refractivity contribution >= 4 is 17.5 Å². The third kappa shape index (κ3) is 3.86. The van der Waals surface area contributed by atoms with Crippen LogP contribution in [0.25, 0.3) is 0 Å². The van der Waals surface area contributed by atoms with E-state index in [9.17, 15) is 0 Å². The molecule has 1 N–H and O–H groups in total. The van der Waals surface area contributed by atoms with Crippen molar-refractivity contribution in [2.24, 2.45) is 0 Å². The molecule has 0 atom stereocenters. The summed E-state index contributed by atoms with van der Waals surface area (Å²) in [5.41, 5.74) is 6.18. The summed E-state index contributed by atoms with van der Waals surface area (Å²) in [7, 11) is 0. The largest absolute Gasteiger partial charge is 0.352 e. The van der Waals surface area contributed by atoms with Crippen molar-refractivity contribution in [3.05, 3.63) is 77.0 Å². The van der Waals surface area contributed by atoms with E-state index in [-0.39, 0.29) is 5.41 Å². The Kier molecular flexibility index (Phi) is 4.80. The molecule has 0 spiro atoms. The molecule has 3 aromatic rings. The molecule has 4 heteroatoms. The zero-order chi connectivity index (χ0) is 19.7. The first-order valence-corrected chi connectivity index (χ1v) is 9.94. The van der Waals surface area contributed by atoms with Crippen molar-refractivity contribution < 1.29 is 0 Å². The van der Waals surface area contributed by atoms with Crippen LogP contribution in [0.3, 0.4) is 0 Å². The van der Waals surface area contributed by atoms with Gasteiger partial charge in [-0.25, -0.2) is 4.98 Å². The van der Waals surface area contributed by atoms with E-state index >= 15 is 0 Å². The molecule has 0 bridgehead atoms. The van der Waals surface area contributed by atoms with E-state index in [0.29, 0.717) is 5.95 Å². The Balaban J connectivity index is 1.63. The molecule has 0 aliphatic carbocycles. The monoisotopic (exact) mass is 372 g/mol. The highest BCUT2D eigenvalue weighted by Gasteiger charge is 2.20. The number of nitrogens with one attached hydrogen (secondary N) is 1. The summed E-state index contributed by atoms with van der Waals surface area (Å²) in [5.74, 6) is 1.64. The van der Waals surface area contributed by atoms with Gasteiger partial charge in [-0.05, 0) is 41.5 Å². The van der Waals surface area contributed by atoms with Gasteiger partial charge >= 0.3 is 0 Å². The summed E-state index contributed by atoms with van der Waals surface area (Å²) in [6, 6.07) is 19.2. The van der Waals surface area contributed by atoms with Crippen LogP contribution >= 0.6 is 0 Å². The van der Waals surface area contributed by atoms with Crippen molar-refractivity contribution in [1.82, 2.24) is 9.97 Å². The minimum atomic E-state index is 0.0484. The first-order valence-electron chi connectivity index (χ1n) is 9.94. The average Bonchev–Trinajstić information content (AvgIpc) is 2.67. The smallest absolute Gasteiger partial charge is 0.229 e. The Morgan fingerprint density at radius 2 is 1.64 bits per heavy atom. The summed E-state index contributed by atoms with van der Waals surface area (Å²) in [5, 5.41) is 3.47. The Hall–Kier alpha value is -2.88. The Bertz CT molecular complexity index is 988. The fraction of sp³-hybridized carbons (Fsp3) is 0.333. The topological polar surface area (TPSA) is 41.1 Å². The van der Waals surface area contributed by atoms with Crippen molar-refractivity contribution in [3.8, 4) is 0 Å². The normalized spacial score (nSPS) is 13.9. The zero-order valence-electron chi connectivity index (χ0n) is 17.2. The van der Waals surface area contributed by atoms with E-state index in [0.717, 1.165) is 36.7 Å². The van der Waals surface area contributed by atoms with Gasteiger partial charge in [0, 0.05) is 30.5 Å². The third-order valence-electron chi connectivity index (χ3n) is 5.28. The lowest BCUT2D eigenvalue weighted by Gasteiger charge is -2.30. The third-order valence-corrected chi connectivity index (χ3v) is 5.28. The highest BCUT2D eigenvalue weighted by atomic mass is 15.2. The van der Waals surface area contributed by atoms with Crippen molar-refractivity contribution in [3.63, 3.8) is 0 Å². The first-order chi connectivity index (χ1) is 13.4. The molecule has 0 radical (unpaired) electrons. The second kappa shape index (κ2) is 7.27. The minimum Gasteiger partial charge on any atom is -0.352 e. The molecule has 1 aromatic heterocycles. The molecule has 0 saturated heterocycles. The number of fused-ring (bicyclic) bond motifs is 1. The quantitative estimate of drug-likeness (QED) is 0.669. The maximum Gasteiger partial charge on any atom is 0.229 e. The predicted molar refractivity (Wildman–Crippen MR) is 116 cm³/mol. The zero-order valence-corrected chi connectivity index (χ0v) is 17.2. The van der Waals surface area contributed by atoms with E-state index in [1.54, 1.807) is 0 Å². The van der Waals surface area contributed by atoms with Crippen LogP contribution < -0.4 is 10.2 Å². The predicted octanol–water partition coefficient (Wildman–Crippen LogP) is 5.39. The molecule has 0 amide bonds. The van der Waals surface area contributed by atoms with Gasteiger partial charge in [0.05, 0.1) is 0 Å². The molecular weight excluding hydrogens is 344 g/mol. The van der Waals surface area contributed by atoms with Gasteiger partial charge in [-0.1, -0.05) is 63.2 Å². The van der Waals surface area contributed by atoms with Crippen molar-refractivity contribution in [2.75, 3.05) is 16.8 Å². The minimum absolute atomic E-state index is 0.0484. The maximum atomic E-state index is 4.85. The van der Waals surface area contributed by atoms with Crippen LogP contribution in [-0.4, -0.2) is 16.5 Å². The van der Waals surface area contributed by atoms with Crippen LogP contribution in [-0.2, 0) is 18.4 Å². The molecule has 1 aliphatic rings. The fourth-order valence-electron chi connectivity index (χ4n) is 3.83. The van der Waals surface area contributed by atoms with E-state index in [2.05, 4.69) is 90.6 Å².